The van der Waals surface area contributed by atoms with Crippen molar-refractivity contribution in [1.82, 2.24) is 10.4 Å². The summed E-state index contributed by atoms with van der Waals surface area (Å²) in [7, 11) is 0. The topological polar surface area (TPSA) is 168 Å². The zero-order valence-corrected chi connectivity index (χ0v) is 17.0. The predicted octanol–water partition coefficient (Wildman–Crippen LogP) is 1.29. The predicted molar refractivity (Wildman–Crippen MR) is 110 cm³/mol. The number of carboxylic acids is 2. The smallest absolute Gasteiger partial charge is 0.425 e. The molecule has 1 aromatic carbocycles. The van der Waals surface area contributed by atoms with Crippen molar-refractivity contribution in [3.8, 4) is 0 Å². The number of aliphatic carboxylic acids is 2. The van der Waals surface area contributed by atoms with Crippen LogP contribution in [0.25, 0.3) is 0 Å². The monoisotopic (exact) mass is 424 g/mol. The van der Waals surface area contributed by atoms with Gasteiger partial charge in [-0.25, -0.2) is 20.0 Å². The lowest BCUT2D eigenvalue weighted by molar-refractivity contribution is -0.148. The van der Waals surface area contributed by atoms with Gasteiger partial charge in [0.1, 0.15) is 18.7 Å². The molecular formula is C20H32N4O6. The molecule has 30 heavy (non-hydrogen) atoms. The van der Waals surface area contributed by atoms with E-state index in [9.17, 15) is 24.6 Å². The Morgan fingerprint density at radius 1 is 0.933 bits per heavy atom. The van der Waals surface area contributed by atoms with Gasteiger partial charge in [0.25, 0.3) is 0 Å². The van der Waals surface area contributed by atoms with Gasteiger partial charge >= 0.3 is 18.0 Å². The largest absolute Gasteiger partial charge is 0.480 e. The van der Waals surface area contributed by atoms with Gasteiger partial charge in [0.2, 0.25) is 0 Å². The van der Waals surface area contributed by atoms with Gasteiger partial charge in [-0.1, -0.05) is 30.3 Å². The fourth-order valence-electron chi connectivity index (χ4n) is 2.81. The Morgan fingerprint density at radius 3 is 2.07 bits per heavy atom. The summed E-state index contributed by atoms with van der Waals surface area (Å²) < 4.78 is 5.26. The van der Waals surface area contributed by atoms with Crippen molar-refractivity contribution in [3.05, 3.63) is 35.9 Å². The Hall–Kier alpha value is -2.69. The third kappa shape index (κ3) is 9.21. The Bertz CT molecular complexity index is 658. The van der Waals surface area contributed by atoms with Gasteiger partial charge in [-0.3, -0.25) is 4.79 Å². The van der Waals surface area contributed by atoms with Crippen molar-refractivity contribution in [3.63, 3.8) is 0 Å². The van der Waals surface area contributed by atoms with E-state index in [1.54, 1.807) is 24.3 Å². The van der Waals surface area contributed by atoms with Crippen LogP contribution in [0.3, 0.4) is 0 Å². The molecule has 0 saturated heterocycles. The van der Waals surface area contributed by atoms with Crippen LogP contribution in [0, 0.1) is 0 Å². The van der Waals surface area contributed by atoms with E-state index < -0.39 is 30.1 Å². The molecule has 0 radical (unpaired) electrons. The van der Waals surface area contributed by atoms with Gasteiger partial charge in [0.05, 0.1) is 0 Å². The first-order chi connectivity index (χ1) is 14.4. The van der Waals surface area contributed by atoms with E-state index in [4.69, 9.17) is 16.2 Å². The highest BCUT2D eigenvalue weighted by Gasteiger charge is 2.34. The number of nitrogens with one attached hydrogen (secondary N) is 1. The summed E-state index contributed by atoms with van der Waals surface area (Å²) in [5.41, 5.74) is 14.2. The number of nitrogens with two attached hydrogens (primary N) is 2. The summed E-state index contributed by atoms with van der Waals surface area (Å²) in [6.45, 7) is 0.721. The number of carbonyl (C=O) groups is 3. The van der Waals surface area contributed by atoms with Crippen LogP contribution in [0.15, 0.2) is 30.3 Å². The Morgan fingerprint density at radius 2 is 1.53 bits per heavy atom. The van der Waals surface area contributed by atoms with Crippen molar-refractivity contribution in [2.75, 3.05) is 13.1 Å². The maximum Gasteiger partial charge on any atom is 0.425 e. The molecule has 2 atom stereocenters. The maximum absolute atomic E-state index is 12.7. The van der Waals surface area contributed by atoms with Crippen LogP contribution in [-0.2, 0) is 20.9 Å². The van der Waals surface area contributed by atoms with Crippen LogP contribution in [0.4, 0.5) is 4.79 Å². The highest BCUT2D eigenvalue weighted by Crippen LogP contribution is 2.13. The van der Waals surface area contributed by atoms with E-state index in [0.29, 0.717) is 38.8 Å². The third-order valence-corrected chi connectivity index (χ3v) is 4.47. The quantitative estimate of drug-likeness (QED) is 0.206. The lowest BCUT2D eigenvalue weighted by atomic mass is 10.1. The summed E-state index contributed by atoms with van der Waals surface area (Å²) in [4.78, 5) is 36.2. The third-order valence-electron chi connectivity index (χ3n) is 4.47. The number of carboxylic acid groups (broad SMARTS) is 2. The van der Waals surface area contributed by atoms with E-state index in [1.807, 2.05) is 6.07 Å². The molecule has 0 aliphatic heterocycles. The molecule has 0 aliphatic rings. The normalized spacial score (nSPS) is 12.7. The van der Waals surface area contributed by atoms with E-state index in [2.05, 4.69) is 5.43 Å². The van der Waals surface area contributed by atoms with Crippen molar-refractivity contribution in [2.45, 2.75) is 57.2 Å². The number of ether oxygens (including phenoxy) is 1. The summed E-state index contributed by atoms with van der Waals surface area (Å²) in [5.74, 6) is -2.46. The second kappa shape index (κ2) is 14.3. The minimum absolute atomic E-state index is 0.0715. The second-order valence-corrected chi connectivity index (χ2v) is 6.85. The maximum atomic E-state index is 12.7. The Labute approximate surface area is 176 Å². The molecule has 0 spiro atoms. The standard InChI is InChI=1S/C20H32N4O6/c21-12-6-4-10-16(18(25)26)23-24(17(19(27)28)11-5-7-13-22)20(29)30-14-15-8-2-1-3-9-15/h1-3,8-9,16-17,23H,4-7,10-14,21-22H2,(H,25,26)(H,27,28)/t16-,17-/m1/s1. The molecule has 168 valence electrons. The fourth-order valence-corrected chi connectivity index (χ4v) is 2.81. The van der Waals surface area contributed by atoms with Crippen molar-refractivity contribution in [1.29, 1.82) is 0 Å². The summed E-state index contributed by atoms with van der Waals surface area (Å²) in [6.07, 6.45) is 1.50. The van der Waals surface area contributed by atoms with Crippen molar-refractivity contribution < 1.29 is 29.3 Å². The summed E-state index contributed by atoms with van der Waals surface area (Å²) >= 11 is 0. The van der Waals surface area contributed by atoms with Gasteiger partial charge in [0, 0.05) is 0 Å². The minimum atomic E-state index is -1.30. The van der Waals surface area contributed by atoms with Gasteiger partial charge in [0.15, 0.2) is 0 Å². The molecule has 0 fully saturated rings. The number of unbranched alkanes of at least 4 members (excludes halogenated alkanes) is 2. The molecule has 10 heteroatoms. The van der Waals surface area contributed by atoms with Crippen molar-refractivity contribution >= 4 is 18.0 Å². The zero-order valence-electron chi connectivity index (χ0n) is 17.0. The molecule has 7 N–H and O–H groups in total. The number of amides is 1. The molecule has 0 heterocycles. The Kier molecular flexibility index (Phi) is 12.1. The minimum Gasteiger partial charge on any atom is -0.480 e. The number of hydrazine groups is 1. The highest BCUT2D eigenvalue weighted by molar-refractivity contribution is 5.80. The molecule has 0 aliphatic carbocycles. The van der Waals surface area contributed by atoms with Crippen molar-refractivity contribution in [2.24, 2.45) is 11.5 Å². The molecular weight excluding hydrogens is 392 g/mol. The zero-order chi connectivity index (χ0) is 22.4. The number of hydrogen-bond acceptors (Lipinski definition) is 7. The highest BCUT2D eigenvalue weighted by atomic mass is 16.6. The Balaban J connectivity index is 2.97. The van der Waals surface area contributed by atoms with E-state index in [-0.39, 0.29) is 19.4 Å². The van der Waals surface area contributed by atoms with Crippen LogP contribution in [0.5, 0.6) is 0 Å². The first-order valence-corrected chi connectivity index (χ1v) is 10.0. The number of nitrogens with zero attached hydrogens (tertiary/aromatic N) is 1. The van der Waals surface area contributed by atoms with Crippen LogP contribution in [0.2, 0.25) is 0 Å². The van der Waals surface area contributed by atoms with E-state index in [0.717, 1.165) is 10.6 Å². The van der Waals surface area contributed by atoms with Gasteiger partial charge in [-0.2, -0.15) is 0 Å². The molecule has 0 aromatic heterocycles. The van der Waals surface area contributed by atoms with Gasteiger partial charge in [-0.15, -0.1) is 0 Å². The lowest BCUT2D eigenvalue weighted by Crippen LogP contribution is -2.58. The number of carbonyl (C=O) groups excluding carboxylic acids is 1. The number of rotatable bonds is 15. The molecule has 0 bridgehead atoms. The van der Waals surface area contributed by atoms with Crippen LogP contribution < -0.4 is 16.9 Å². The summed E-state index contributed by atoms with van der Waals surface area (Å²) in [5, 5.41) is 19.9. The van der Waals surface area contributed by atoms with E-state index >= 15 is 0 Å². The second-order valence-electron chi connectivity index (χ2n) is 6.85. The SMILES string of the molecule is NCCCC[C@H](C(=O)O)N(N[C@H](CCCCN)C(=O)O)C(=O)OCc1ccccc1. The lowest BCUT2D eigenvalue weighted by Gasteiger charge is -2.31. The molecule has 1 rings (SSSR count). The van der Waals surface area contributed by atoms with E-state index in [1.165, 1.54) is 0 Å². The molecule has 1 aromatic rings. The first-order valence-electron chi connectivity index (χ1n) is 10.0. The van der Waals surface area contributed by atoms with Crippen LogP contribution >= 0.6 is 0 Å². The molecule has 1 amide bonds. The average Bonchev–Trinajstić information content (AvgIpc) is 2.73. The fraction of sp³-hybridized carbons (Fsp3) is 0.550. The first kappa shape index (κ1) is 25.3. The molecule has 0 saturated carbocycles. The number of hydrogen-bond donors (Lipinski definition) is 5. The summed E-state index contributed by atoms with van der Waals surface area (Å²) in [6, 6.07) is 6.44. The number of benzene rings is 1. The molecule has 10 nitrogen and oxygen atoms in total. The van der Waals surface area contributed by atoms with Crippen LogP contribution in [-0.4, -0.2) is 58.4 Å². The van der Waals surface area contributed by atoms with Gasteiger partial charge < -0.3 is 26.4 Å². The molecule has 0 unspecified atom stereocenters. The van der Waals surface area contributed by atoms with Crippen LogP contribution in [0.1, 0.15) is 44.1 Å². The average molecular weight is 424 g/mol. The van der Waals surface area contributed by atoms with Gasteiger partial charge in [-0.05, 0) is 57.2 Å².